The Bertz CT molecular complexity index is 950. The van der Waals surface area contributed by atoms with Gasteiger partial charge in [0, 0.05) is 42.5 Å². The quantitative estimate of drug-likeness (QED) is 0.628. The number of hydrogen-bond acceptors (Lipinski definition) is 5. The minimum Gasteiger partial charge on any atom is -0.497 e. The van der Waals surface area contributed by atoms with Crippen molar-refractivity contribution in [3.8, 4) is 11.5 Å². The molecule has 0 bridgehead atoms. The summed E-state index contributed by atoms with van der Waals surface area (Å²) in [5.74, 6) is 1.07. The van der Waals surface area contributed by atoms with Gasteiger partial charge in [0.05, 0.1) is 7.11 Å². The number of carbonyl (C=O) groups is 2. The molecule has 0 unspecified atom stereocenters. The summed E-state index contributed by atoms with van der Waals surface area (Å²) in [6.07, 6.45) is 4.28. The zero-order valence-electron chi connectivity index (χ0n) is 19.5. The number of carbonyl (C=O) groups excluding carboxylic acids is 2. The molecule has 7 heteroatoms. The van der Waals surface area contributed by atoms with E-state index in [1.54, 1.807) is 43.5 Å². The molecule has 0 radical (unpaired) electrons. The Hall–Kier alpha value is -3.06. The first-order valence-corrected chi connectivity index (χ1v) is 11.8. The minimum atomic E-state index is -0.262. The smallest absolute Gasteiger partial charge is 0.262 e. The maximum Gasteiger partial charge on any atom is 0.262 e. The summed E-state index contributed by atoms with van der Waals surface area (Å²) in [7, 11) is 1.58. The van der Waals surface area contributed by atoms with Crippen molar-refractivity contribution in [1.29, 1.82) is 0 Å². The highest BCUT2D eigenvalue weighted by atomic mass is 16.5. The zero-order valence-corrected chi connectivity index (χ0v) is 19.5. The highest BCUT2D eigenvalue weighted by Gasteiger charge is 2.38. The number of nitrogens with one attached hydrogen (secondary N) is 1. The van der Waals surface area contributed by atoms with E-state index in [9.17, 15) is 9.59 Å². The first-order valence-electron chi connectivity index (χ1n) is 11.8. The molecule has 1 N–H and O–H groups in total. The van der Waals surface area contributed by atoms with Crippen LogP contribution in [-0.2, 0) is 4.79 Å². The molecule has 1 aliphatic carbocycles. The zero-order chi connectivity index (χ0) is 23.2. The van der Waals surface area contributed by atoms with Gasteiger partial charge in [-0.15, -0.1) is 0 Å². The van der Waals surface area contributed by atoms with E-state index in [0.29, 0.717) is 34.8 Å². The van der Waals surface area contributed by atoms with Crippen LogP contribution in [0.25, 0.3) is 0 Å². The normalized spacial score (nSPS) is 16.8. The van der Waals surface area contributed by atoms with E-state index in [4.69, 9.17) is 9.47 Å². The molecule has 0 atom stereocenters. The van der Waals surface area contributed by atoms with E-state index < -0.39 is 0 Å². The third-order valence-electron chi connectivity index (χ3n) is 6.40. The molecule has 33 heavy (non-hydrogen) atoms. The van der Waals surface area contributed by atoms with Crippen LogP contribution >= 0.6 is 0 Å². The van der Waals surface area contributed by atoms with Crippen molar-refractivity contribution in [3.63, 3.8) is 0 Å². The van der Waals surface area contributed by atoms with Gasteiger partial charge in [0.2, 0.25) is 0 Å². The van der Waals surface area contributed by atoms with Gasteiger partial charge in [-0.25, -0.2) is 0 Å². The molecule has 1 aliphatic heterocycles. The van der Waals surface area contributed by atoms with Crippen LogP contribution in [-0.4, -0.2) is 67.0 Å². The van der Waals surface area contributed by atoms with Gasteiger partial charge in [0.25, 0.3) is 11.8 Å². The van der Waals surface area contributed by atoms with E-state index in [-0.39, 0.29) is 18.4 Å². The van der Waals surface area contributed by atoms with E-state index >= 15 is 0 Å². The van der Waals surface area contributed by atoms with E-state index in [0.717, 1.165) is 45.3 Å². The fourth-order valence-electron chi connectivity index (χ4n) is 4.39. The Labute approximate surface area is 195 Å². The number of anilines is 1. The fourth-order valence-corrected chi connectivity index (χ4v) is 4.39. The number of benzene rings is 2. The molecular weight excluding hydrogens is 418 g/mol. The number of methoxy groups -OCH3 is 1. The Morgan fingerprint density at radius 1 is 1.00 bits per heavy atom. The molecule has 2 fully saturated rings. The predicted octanol–water partition coefficient (Wildman–Crippen LogP) is 3.80. The Morgan fingerprint density at radius 3 is 2.33 bits per heavy atom. The number of ether oxygens (including phenoxy) is 2. The van der Waals surface area contributed by atoms with Crippen LogP contribution in [0.4, 0.5) is 5.69 Å². The highest BCUT2D eigenvalue weighted by molar-refractivity contribution is 5.95. The molecular formula is C26H33N3O4. The standard InChI is InChI=1S/C26H33N3O4/c1-3-28-15-13-22(14-16-28)29(21-9-10-21)26(31)19-7-11-23(12-8-19)33-18-25(30)27-20-5-4-6-24(17-20)32-2/h4-8,11-12,17,21-22H,3,9-10,13-16,18H2,1-2H3,(H,27,30). The minimum absolute atomic E-state index is 0.106. The fraction of sp³-hybridized carbons (Fsp3) is 0.462. The first-order chi connectivity index (χ1) is 16.1. The molecule has 2 aromatic rings. The molecule has 176 valence electrons. The molecule has 1 saturated heterocycles. The van der Waals surface area contributed by atoms with Crippen LogP contribution in [0.1, 0.15) is 43.0 Å². The van der Waals surface area contributed by atoms with Crippen molar-refractivity contribution in [2.24, 2.45) is 0 Å². The van der Waals surface area contributed by atoms with Gasteiger partial charge in [-0.2, -0.15) is 0 Å². The van der Waals surface area contributed by atoms with Crippen molar-refractivity contribution in [2.75, 3.05) is 38.7 Å². The average molecular weight is 452 g/mol. The van der Waals surface area contributed by atoms with Crippen LogP contribution in [0.2, 0.25) is 0 Å². The van der Waals surface area contributed by atoms with E-state index in [2.05, 4.69) is 22.0 Å². The second-order valence-electron chi connectivity index (χ2n) is 8.70. The van der Waals surface area contributed by atoms with Gasteiger partial charge in [-0.1, -0.05) is 13.0 Å². The van der Waals surface area contributed by atoms with Gasteiger partial charge in [0.1, 0.15) is 11.5 Å². The summed E-state index contributed by atoms with van der Waals surface area (Å²) in [6.45, 7) is 5.26. The van der Waals surface area contributed by atoms with Crippen LogP contribution in [0.3, 0.4) is 0 Å². The molecule has 2 aromatic carbocycles. The second-order valence-corrected chi connectivity index (χ2v) is 8.70. The summed E-state index contributed by atoms with van der Waals surface area (Å²) >= 11 is 0. The van der Waals surface area contributed by atoms with Crippen molar-refractivity contribution in [1.82, 2.24) is 9.80 Å². The molecule has 1 heterocycles. The average Bonchev–Trinajstić information content (AvgIpc) is 3.69. The SMILES string of the molecule is CCN1CCC(N(C(=O)c2ccc(OCC(=O)Nc3cccc(OC)c3)cc2)C2CC2)CC1. The van der Waals surface area contributed by atoms with Gasteiger partial charge >= 0.3 is 0 Å². The van der Waals surface area contributed by atoms with Crippen molar-refractivity contribution >= 4 is 17.5 Å². The Kier molecular flexibility index (Phi) is 7.50. The predicted molar refractivity (Wildman–Crippen MR) is 128 cm³/mol. The largest absolute Gasteiger partial charge is 0.497 e. The van der Waals surface area contributed by atoms with Gasteiger partial charge in [-0.05, 0) is 68.6 Å². The lowest BCUT2D eigenvalue weighted by atomic mass is 10.0. The summed E-state index contributed by atoms with van der Waals surface area (Å²) in [5, 5.41) is 2.79. The van der Waals surface area contributed by atoms with Gasteiger partial charge in [-0.3, -0.25) is 9.59 Å². The van der Waals surface area contributed by atoms with Crippen LogP contribution in [0.15, 0.2) is 48.5 Å². The van der Waals surface area contributed by atoms with Crippen molar-refractivity contribution in [2.45, 2.75) is 44.7 Å². The second kappa shape index (κ2) is 10.7. The summed E-state index contributed by atoms with van der Waals surface area (Å²) in [5.41, 5.74) is 1.32. The molecule has 0 aromatic heterocycles. The lowest BCUT2D eigenvalue weighted by Gasteiger charge is -2.38. The number of amides is 2. The molecule has 0 spiro atoms. The number of hydrogen-bond donors (Lipinski definition) is 1. The maximum atomic E-state index is 13.3. The molecule has 7 nitrogen and oxygen atoms in total. The van der Waals surface area contributed by atoms with E-state index in [1.165, 1.54) is 0 Å². The van der Waals surface area contributed by atoms with Crippen LogP contribution in [0.5, 0.6) is 11.5 Å². The first kappa shape index (κ1) is 23.1. The van der Waals surface area contributed by atoms with Gasteiger partial charge < -0.3 is 24.6 Å². The number of rotatable bonds is 9. The number of nitrogens with zero attached hydrogens (tertiary/aromatic N) is 2. The molecule has 1 saturated carbocycles. The third-order valence-corrected chi connectivity index (χ3v) is 6.40. The third kappa shape index (κ3) is 6.05. The van der Waals surface area contributed by atoms with Gasteiger partial charge in [0.15, 0.2) is 6.61 Å². The summed E-state index contributed by atoms with van der Waals surface area (Å²) in [6, 6.07) is 15.0. The molecule has 2 aliphatic rings. The molecule has 4 rings (SSSR count). The summed E-state index contributed by atoms with van der Waals surface area (Å²) in [4.78, 5) is 30.1. The lowest BCUT2D eigenvalue weighted by Crippen LogP contribution is -2.48. The summed E-state index contributed by atoms with van der Waals surface area (Å²) < 4.78 is 10.8. The Morgan fingerprint density at radius 2 is 1.70 bits per heavy atom. The number of piperidine rings is 1. The monoisotopic (exact) mass is 451 g/mol. The topological polar surface area (TPSA) is 71.1 Å². The molecule has 2 amide bonds. The van der Waals surface area contributed by atoms with E-state index in [1.807, 2.05) is 12.1 Å². The van der Waals surface area contributed by atoms with Crippen LogP contribution in [0, 0.1) is 0 Å². The number of likely N-dealkylation sites (tertiary alicyclic amines) is 1. The lowest BCUT2D eigenvalue weighted by molar-refractivity contribution is -0.118. The highest BCUT2D eigenvalue weighted by Crippen LogP contribution is 2.33. The van der Waals surface area contributed by atoms with Crippen molar-refractivity contribution < 1.29 is 19.1 Å². The Balaban J connectivity index is 1.31. The van der Waals surface area contributed by atoms with Crippen LogP contribution < -0.4 is 14.8 Å². The van der Waals surface area contributed by atoms with Crippen molar-refractivity contribution in [3.05, 3.63) is 54.1 Å². The maximum absolute atomic E-state index is 13.3.